The van der Waals surface area contributed by atoms with Crippen LogP contribution in [-0.2, 0) is 0 Å². The van der Waals surface area contributed by atoms with Crippen LogP contribution in [-0.4, -0.2) is 20.2 Å². The Hall–Kier alpha value is -1.94. The minimum absolute atomic E-state index is 0.262. The quantitative estimate of drug-likeness (QED) is 0.372. The summed E-state index contributed by atoms with van der Waals surface area (Å²) in [6.45, 7) is 0. The lowest BCUT2D eigenvalue weighted by atomic mass is 10.3. The highest BCUT2D eigenvalue weighted by Crippen LogP contribution is 2.29. The summed E-state index contributed by atoms with van der Waals surface area (Å²) in [4.78, 5) is 8.33. The minimum atomic E-state index is 0.262. The molecule has 96 valence electrons. The first-order valence-corrected chi connectivity index (χ1v) is 6.46. The van der Waals surface area contributed by atoms with E-state index in [1.165, 1.54) is 0 Å². The number of nitrogens with two attached hydrogens (primary N) is 1. The second kappa shape index (κ2) is 4.97. The molecule has 3 rings (SSSR count). The summed E-state index contributed by atoms with van der Waals surface area (Å²) >= 11 is 2.20. The fourth-order valence-corrected chi connectivity index (χ4v) is 2.08. The summed E-state index contributed by atoms with van der Waals surface area (Å²) in [5.41, 5.74) is 2.96. The second-order valence-electron chi connectivity index (χ2n) is 3.66. The highest BCUT2D eigenvalue weighted by Gasteiger charge is 2.12. The van der Waals surface area contributed by atoms with E-state index < -0.39 is 0 Å². The molecule has 19 heavy (non-hydrogen) atoms. The maximum Gasteiger partial charge on any atom is 0.242 e. The number of ether oxygens (including phenoxy) is 1. The number of aromatic nitrogens is 4. The van der Waals surface area contributed by atoms with Crippen molar-refractivity contribution in [2.24, 2.45) is 5.84 Å². The number of para-hydroxylation sites is 1. The molecule has 0 amide bonds. The third kappa shape index (κ3) is 2.31. The fraction of sp³-hybridized carbons (Fsp3) is 0. The maximum absolute atomic E-state index is 5.81. The van der Waals surface area contributed by atoms with E-state index in [0.717, 1.165) is 3.57 Å². The molecule has 0 saturated carbocycles. The van der Waals surface area contributed by atoms with Crippen molar-refractivity contribution in [1.82, 2.24) is 20.2 Å². The number of rotatable bonds is 3. The lowest BCUT2D eigenvalue weighted by Crippen LogP contribution is -2.11. The van der Waals surface area contributed by atoms with E-state index in [9.17, 15) is 0 Å². The minimum Gasteiger partial charge on any atom is -0.437 e. The van der Waals surface area contributed by atoms with Crippen LogP contribution in [0.4, 0.5) is 5.95 Å². The fourth-order valence-electron chi connectivity index (χ4n) is 1.58. The Labute approximate surface area is 121 Å². The molecule has 0 aliphatic heterocycles. The van der Waals surface area contributed by atoms with Crippen LogP contribution in [0.25, 0.3) is 11.0 Å². The summed E-state index contributed by atoms with van der Waals surface area (Å²) < 4.78 is 6.79. The Morgan fingerprint density at radius 3 is 2.89 bits per heavy atom. The van der Waals surface area contributed by atoms with E-state index in [1.807, 2.05) is 24.3 Å². The van der Waals surface area contributed by atoms with Gasteiger partial charge in [-0.15, -0.1) is 0 Å². The number of aromatic amines is 1. The highest BCUT2D eigenvalue weighted by atomic mass is 127. The van der Waals surface area contributed by atoms with Gasteiger partial charge in [0.15, 0.2) is 5.65 Å². The van der Waals surface area contributed by atoms with E-state index in [1.54, 1.807) is 6.20 Å². The number of benzene rings is 1. The van der Waals surface area contributed by atoms with Crippen LogP contribution in [0, 0.1) is 3.57 Å². The number of hydrogen-bond donors (Lipinski definition) is 3. The number of hydrogen-bond acceptors (Lipinski definition) is 6. The molecule has 0 bridgehead atoms. The Balaban J connectivity index is 2.09. The predicted molar refractivity (Wildman–Crippen MR) is 78.7 cm³/mol. The van der Waals surface area contributed by atoms with Gasteiger partial charge in [0.1, 0.15) is 11.1 Å². The Kier molecular flexibility index (Phi) is 3.17. The molecule has 0 spiro atoms. The van der Waals surface area contributed by atoms with Crippen molar-refractivity contribution in [3.63, 3.8) is 0 Å². The van der Waals surface area contributed by atoms with Gasteiger partial charge in [0.2, 0.25) is 11.8 Å². The monoisotopic (exact) mass is 368 g/mol. The number of H-pyrrole nitrogens is 1. The van der Waals surface area contributed by atoms with Crippen LogP contribution >= 0.6 is 22.6 Å². The largest absolute Gasteiger partial charge is 0.437 e. The normalized spacial score (nSPS) is 10.6. The summed E-state index contributed by atoms with van der Waals surface area (Å²) in [6, 6.07) is 7.65. The topological polar surface area (TPSA) is 102 Å². The zero-order chi connectivity index (χ0) is 13.2. The number of anilines is 1. The van der Waals surface area contributed by atoms with Gasteiger partial charge in [0.25, 0.3) is 0 Å². The first-order valence-electron chi connectivity index (χ1n) is 5.38. The molecule has 7 nitrogen and oxygen atoms in total. The molecule has 2 heterocycles. The molecule has 2 aromatic heterocycles. The Bertz CT molecular complexity index is 728. The van der Waals surface area contributed by atoms with Gasteiger partial charge in [-0.1, -0.05) is 12.1 Å². The zero-order valence-corrected chi connectivity index (χ0v) is 11.7. The molecule has 0 saturated heterocycles. The van der Waals surface area contributed by atoms with Crippen LogP contribution in [0.15, 0.2) is 30.5 Å². The molecule has 0 radical (unpaired) electrons. The van der Waals surface area contributed by atoms with Gasteiger partial charge in [-0.3, -0.25) is 10.5 Å². The third-order valence-corrected chi connectivity index (χ3v) is 3.34. The van der Waals surface area contributed by atoms with E-state index in [-0.39, 0.29) is 5.95 Å². The molecular weight excluding hydrogens is 359 g/mol. The van der Waals surface area contributed by atoms with Crippen molar-refractivity contribution in [3.05, 3.63) is 34.0 Å². The number of nitrogens with one attached hydrogen (secondary N) is 2. The smallest absolute Gasteiger partial charge is 0.242 e. The summed E-state index contributed by atoms with van der Waals surface area (Å²) in [6.07, 6.45) is 1.61. The maximum atomic E-state index is 5.81. The number of fused-ring (bicyclic) bond motifs is 1. The Morgan fingerprint density at radius 2 is 2.11 bits per heavy atom. The molecule has 1 aromatic carbocycles. The summed E-state index contributed by atoms with van der Waals surface area (Å²) in [7, 11) is 0. The zero-order valence-electron chi connectivity index (χ0n) is 9.59. The number of hydrazine groups is 1. The predicted octanol–water partition coefficient (Wildman–Crippen LogP) is 2.04. The van der Waals surface area contributed by atoms with Crippen LogP contribution < -0.4 is 16.0 Å². The average Bonchev–Trinajstić information content (AvgIpc) is 2.89. The standard InChI is InChI=1S/C11H9IN6O/c12-7-3-1-2-4-8(7)19-10-6-5-14-18-9(6)15-11(16-10)17-13/h1-5H,13H2,(H2,14,15,16,17,18). The van der Waals surface area contributed by atoms with Gasteiger partial charge in [-0.05, 0) is 34.7 Å². The lowest BCUT2D eigenvalue weighted by molar-refractivity contribution is 0.466. The first kappa shape index (κ1) is 12.1. The van der Waals surface area contributed by atoms with E-state index in [2.05, 4.69) is 48.2 Å². The van der Waals surface area contributed by atoms with Gasteiger partial charge < -0.3 is 4.74 Å². The molecule has 0 unspecified atom stereocenters. The summed E-state index contributed by atoms with van der Waals surface area (Å²) in [5, 5.41) is 7.37. The molecule has 0 aliphatic carbocycles. The van der Waals surface area contributed by atoms with Gasteiger partial charge in [-0.25, -0.2) is 5.84 Å². The van der Waals surface area contributed by atoms with E-state index in [4.69, 9.17) is 10.6 Å². The van der Waals surface area contributed by atoms with Gasteiger partial charge in [-0.2, -0.15) is 15.1 Å². The highest BCUT2D eigenvalue weighted by molar-refractivity contribution is 14.1. The number of halogens is 1. The van der Waals surface area contributed by atoms with Gasteiger partial charge in [0.05, 0.1) is 9.77 Å². The van der Waals surface area contributed by atoms with Crippen LogP contribution in [0.1, 0.15) is 0 Å². The first-order chi connectivity index (χ1) is 9.28. The average molecular weight is 368 g/mol. The Morgan fingerprint density at radius 1 is 1.26 bits per heavy atom. The number of nitrogens with zero attached hydrogens (tertiary/aromatic N) is 3. The van der Waals surface area contributed by atoms with Crippen molar-refractivity contribution in [2.45, 2.75) is 0 Å². The molecule has 8 heteroatoms. The van der Waals surface area contributed by atoms with Crippen molar-refractivity contribution in [1.29, 1.82) is 0 Å². The molecule has 4 N–H and O–H groups in total. The van der Waals surface area contributed by atoms with E-state index in [0.29, 0.717) is 22.7 Å². The van der Waals surface area contributed by atoms with Crippen molar-refractivity contribution < 1.29 is 4.74 Å². The molecule has 0 fully saturated rings. The van der Waals surface area contributed by atoms with E-state index >= 15 is 0 Å². The van der Waals surface area contributed by atoms with Crippen LogP contribution in [0.3, 0.4) is 0 Å². The second-order valence-corrected chi connectivity index (χ2v) is 4.82. The lowest BCUT2D eigenvalue weighted by Gasteiger charge is -2.08. The SMILES string of the molecule is NNc1nc(Oc2ccccc2I)c2cn[nH]c2n1. The third-order valence-electron chi connectivity index (χ3n) is 2.45. The molecule has 3 aromatic rings. The number of nitrogen functional groups attached to an aromatic ring is 1. The van der Waals surface area contributed by atoms with Gasteiger partial charge >= 0.3 is 0 Å². The molecular formula is C11H9IN6O. The molecule has 0 aliphatic rings. The van der Waals surface area contributed by atoms with Crippen molar-refractivity contribution in [2.75, 3.05) is 5.43 Å². The van der Waals surface area contributed by atoms with Crippen molar-refractivity contribution >= 4 is 39.6 Å². The van der Waals surface area contributed by atoms with Crippen molar-refractivity contribution in [3.8, 4) is 11.6 Å². The van der Waals surface area contributed by atoms with Crippen LogP contribution in [0.2, 0.25) is 0 Å². The van der Waals surface area contributed by atoms with Gasteiger partial charge in [0, 0.05) is 0 Å². The van der Waals surface area contributed by atoms with Crippen LogP contribution in [0.5, 0.6) is 11.6 Å². The molecule has 0 atom stereocenters. The summed E-state index contributed by atoms with van der Waals surface area (Å²) in [5.74, 6) is 6.71.